The first-order valence-corrected chi connectivity index (χ1v) is 8.15. The Hall–Kier alpha value is -1.69. The summed E-state index contributed by atoms with van der Waals surface area (Å²) >= 11 is 0. The molecule has 6 heteroatoms. The smallest absolute Gasteiger partial charge is 0.337 e. The standard InChI is InChI=1S/C14H18N2O3S/c1-9(7-8-20(3)19)16-10(2)15-12-6-4-5-11(13(12)16)14(17)18/h4-6,9H,7-8H2,1-3H3,(H,17,18). The minimum absolute atomic E-state index is 0.0596. The Morgan fingerprint density at radius 2 is 2.20 bits per heavy atom. The quantitative estimate of drug-likeness (QED) is 0.919. The lowest BCUT2D eigenvalue weighted by Gasteiger charge is -2.16. The van der Waals surface area contributed by atoms with Gasteiger partial charge < -0.3 is 9.67 Å². The number of carboxylic acids is 1. The van der Waals surface area contributed by atoms with Gasteiger partial charge in [0.25, 0.3) is 0 Å². The second kappa shape index (κ2) is 5.75. The Morgan fingerprint density at radius 3 is 2.80 bits per heavy atom. The molecule has 20 heavy (non-hydrogen) atoms. The van der Waals surface area contributed by atoms with E-state index in [1.165, 1.54) is 0 Å². The van der Waals surface area contributed by atoms with Gasteiger partial charge >= 0.3 is 5.97 Å². The molecule has 0 fully saturated rings. The van der Waals surface area contributed by atoms with E-state index in [2.05, 4.69) is 4.98 Å². The number of nitrogens with zero attached hydrogens (tertiary/aromatic N) is 2. The lowest BCUT2D eigenvalue weighted by atomic mass is 10.1. The van der Waals surface area contributed by atoms with Crippen molar-refractivity contribution in [3.63, 3.8) is 0 Å². The number of carboxylic acid groups (broad SMARTS) is 1. The number of hydrogen-bond donors (Lipinski definition) is 1. The number of para-hydroxylation sites is 1. The second-order valence-electron chi connectivity index (χ2n) is 4.92. The summed E-state index contributed by atoms with van der Waals surface area (Å²) in [7, 11) is -0.852. The summed E-state index contributed by atoms with van der Waals surface area (Å²) in [6.45, 7) is 3.87. The van der Waals surface area contributed by atoms with Crippen molar-refractivity contribution in [1.82, 2.24) is 9.55 Å². The molecule has 0 bridgehead atoms. The molecule has 2 aromatic rings. The molecule has 1 aromatic carbocycles. The van der Waals surface area contributed by atoms with Crippen LogP contribution in [0.5, 0.6) is 0 Å². The van der Waals surface area contributed by atoms with Crippen LogP contribution in [-0.2, 0) is 10.8 Å². The maximum atomic E-state index is 11.4. The number of rotatable bonds is 5. The summed E-state index contributed by atoms with van der Waals surface area (Å²) in [5.41, 5.74) is 1.59. The number of benzene rings is 1. The Morgan fingerprint density at radius 1 is 1.50 bits per heavy atom. The summed E-state index contributed by atoms with van der Waals surface area (Å²) in [5.74, 6) is 0.418. The molecule has 2 unspecified atom stereocenters. The van der Waals surface area contributed by atoms with Crippen molar-refractivity contribution in [3.8, 4) is 0 Å². The van der Waals surface area contributed by atoms with Crippen LogP contribution in [0.25, 0.3) is 11.0 Å². The van der Waals surface area contributed by atoms with Crippen molar-refractivity contribution in [2.24, 2.45) is 0 Å². The van der Waals surface area contributed by atoms with Gasteiger partial charge in [-0.3, -0.25) is 4.21 Å². The van der Waals surface area contributed by atoms with Gasteiger partial charge in [0.1, 0.15) is 5.82 Å². The number of carbonyl (C=O) groups is 1. The van der Waals surface area contributed by atoms with Crippen LogP contribution in [0.4, 0.5) is 0 Å². The highest BCUT2D eigenvalue weighted by molar-refractivity contribution is 7.84. The highest BCUT2D eigenvalue weighted by Gasteiger charge is 2.19. The first-order chi connectivity index (χ1) is 9.41. The normalized spacial score (nSPS) is 14.3. The van der Waals surface area contributed by atoms with Gasteiger partial charge in [0, 0.05) is 28.9 Å². The highest BCUT2D eigenvalue weighted by atomic mass is 32.2. The van der Waals surface area contributed by atoms with Crippen LogP contribution in [0, 0.1) is 6.92 Å². The van der Waals surface area contributed by atoms with E-state index in [1.807, 2.05) is 24.5 Å². The monoisotopic (exact) mass is 294 g/mol. The fourth-order valence-corrected chi connectivity index (χ4v) is 3.12. The van der Waals surface area contributed by atoms with Crippen molar-refractivity contribution in [2.45, 2.75) is 26.3 Å². The molecule has 2 rings (SSSR count). The molecule has 1 heterocycles. The largest absolute Gasteiger partial charge is 0.478 e. The van der Waals surface area contributed by atoms with Crippen molar-refractivity contribution in [2.75, 3.05) is 12.0 Å². The van der Waals surface area contributed by atoms with Crippen LogP contribution in [0.3, 0.4) is 0 Å². The second-order valence-corrected chi connectivity index (χ2v) is 6.48. The average Bonchev–Trinajstić information content (AvgIpc) is 2.71. The third-order valence-electron chi connectivity index (χ3n) is 3.38. The van der Waals surface area contributed by atoms with Gasteiger partial charge in [-0.05, 0) is 32.4 Å². The van der Waals surface area contributed by atoms with Gasteiger partial charge in [-0.2, -0.15) is 0 Å². The van der Waals surface area contributed by atoms with Gasteiger partial charge in [-0.25, -0.2) is 9.78 Å². The zero-order chi connectivity index (χ0) is 14.9. The van der Waals surface area contributed by atoms with E-state index in [4.69, 9.17) is 0 Å². The third kappa shape index (κ3) is 2.75. The predicted octanol–water partition coefficient (Wildman–Crippen LogP) is 2.37. The molecule has 0 saturated heterocycles. The van der Waals surface area contributed by atoms with E-state index in [1.54, 1.807) is 18.4 Å². The molecule has 1 N–H and O–H groups in total. The van der Waals surface area contributed by atoms with Crippen molar-refractivity contribution >= 4 is 27.8 Å². The van der Waals surface area contributed by atoms with E-state index in [-0.39, 0.29) is 11.6 Å². The van der Waals surface area contributed by atoms with E-state index >= 15 is 0 Å². The summed E-state index contributed by atoms with van der Waals surface area (Å²) in [4.78, 5) is 15.8. The van der Waals surface area contributed by atoms with Crippen LogP contribution in [0.1, 0.15) is 35.6 Å². The molecule has 0 radical (unpaired) electrons. The third-order valence-corrected chi connectivity index (χ3v) is 4.19. The molecule has 1 aromatic heterocycles. The number of imidazole rings is 1. The maximum Gasteiger partial charge on any atom is 0.337 e. The molecule has 2 atom stereocenters. The SMILES string of the molecule is Cc1nc2cccc(C(=O)O)c2n1C(C)CCS(C)=O. The number of fused-ring (bicyclic) bond motifs is 1. The van der Waals surface area contributed by atoms with Gasteiger partial charge in [-0.15, -0.1) is 0 Å². The zero-order valence-electron chi connectivity index (χ0n) is 11.8. The van der Waals surface area contributed by atoms with Crippen LogP contribution >= 0.6 is 0 Å². The van der Waals surface area contributed by atoms with Crippen molar-refractivity contribution in [3.05, 3.63) is 29.6 Å². The van der Waals surface area contributed by atoms with E-state index in [9.17, 15) is 14.1 Å². The molecular formula is C14H18N2O3S. The Bertz CT molecular complexity index is 678. The lowest BCUT2D eigenvalue weighted by Crippen LogP contribution is -2.12. The molecule has 5 nitrogen and oxygen atoms in total. The molecule has 0 saturated carbocycles. The fraction of sp³-hybridized carbons (Fsp3) is 0.429. The number of aromatic nitrogens is 2. The molecule has 108 valence electrons. The summed E-state index contributed by atoms with van der Waals surface area (Å²) in [5, 5.41) is 9.33. The van der Waals surface area contributed by atoms with Crippen LogP contribution in [-0.4, -0.2) is 36.8 Å². The van der Waals surface area contributed by atoms with Crippen molar-refractivity contribution in [1.29, 1.82) is 0 Å². The molecule has 0 aliphatic rings. The average molecular weight is 294 g/mol. The van der Waals surface area contributed by atoms with Gasteiger partial charge in [0.2, 0.25) is 0 Å². The Balaban J connectivity index is 2.54. The predicted molar refractivity (Wildman–Crippen MR) is 79.7 cm³/mol. The molecule has 0 spiro atoms. The van der Waals surface area contributed by atoms with Gasteiger partial charge in [-0.1, -0.05) is 6.07 Å². The number of aromatic carboxylic acids is 1. The highest BCUT2D eigenvalue weighted by Crippen LogP contribution is 2.26. The number of aryl methyl sites for hydroxylation is 1. The van der Waals surface area contributed by atoms with Gasteiger partial charge in [0.05, 0.1) is 16.6 Å². The molecular weight excluding hydrogens is 276 g/mol. The maximum absolute atomic E-state index is 11.4. The Kier molecular flexibility index (Phi) is 4.23. The minimum atomic E-state index is -0.956. The molecule has 0 aliphatic heterocycles. The molecule has 0 aliphatic carbocycles. The molecule has 0 amide bonds. The van der Waals surface area contributed by atoms with Gasteiger partial charge in [0.15, 0.2) is 0 Å². The van der Waals surface area contributed by atoms with Crippen LogP contribution < -0.4 is 0 Å². The summed E-state index contributed by atoms with van der Waals surface area (Å²) < 4.78 is 13.2. The van der Waals surface area contributed by atoms with E-state index in [0.29, 0.717) is 16.8 Å². The Labute approximate surface area is 120 Å². The first kappa shape index (κ1) is 14.7. The fourth-order valence-electron chi connectivity index (χ4n) is 2.44. The van der Waals surface area contributed by atoms with E-state index in [0.717, 1.165) is 12.2 Å². The number of hydrogen-bond acceptors (Lipinski definition) is 3. The van der Waals surface area contributed by atoms with Crippen molar-refractivity contribution < 1.29 is 14.1 Å². The topological polar surface area (TPSA) is 72.2 Å². The van der Waals surface area contributed by atoms with Crippen LogP contribution in [0.15, 0.2) is 18.2 Å². The minimum Gasteiger partial charge on any atom is -0.478 e. The van der Waals surface area contributed by atoms with Crippen LogP contribution in [0.2, 0.25) is 0 Å². The summed E-state index contributed by atoms with van der Waals surface area (Å²) in [6, 6.07) is 5.17. The zero-order valence-corrected chi connectivity index (χ0v) is 12.6. The first-order valence-electron chi connectivity index (χ1n) is 6.42. The van der Waals surface area contributed by atoms with E-state index < -0.39 is 16.8 Å². The summed E-state index contributed by atoms with van der Waals surface area (Å²) in [6.07, 6.45) is 2.40. The lowest BCUT2D eigenvalue weighted by molar-refractivity contribution is 0.0698.